The molecule has 8 bridgehead atoms. The normalized spacial score (nSPS) is 39.8. The van der Waals surface area contributed by atoms with Gasteiger partial charge in [-0.3, -0.25) is 0 Å². The Labute approximate surface area is 233 Å². The Bertz CT molecular complexity index is 1450. The topological polar surface area (TPSA) is 4.93 Å². The third kappa shape index (κ3) is 3.08. The van der Waals surface area contributed by atoms with Crippen molar-refractivity contribution in [3.05, 3.63) is 77.9 Å². The van der Waals surface area contributed by atoms with Crippen LogP contribution in [-0.4, -0.2) is 4.57 Å². The summed E-state index contributed by atoms with van der Waals surface area (Å²) in [7, 11) is 0. The van der Waals surface area contributed by atoms with E-state index in [-0.39, 0.29) is 0 Å². The number of hydrogen-bond donors (Lipinski definition) is 0. The third-order valence-corrected chi connectivity index (χ3v) is 13.1. The van der Waals surface area contributed by atoms with Gasteiger partial charge in [-0.15, -0.1) is 0 Å². The minimum Gasteiger partial charge on any atom is -0.309 e. The van der Waals surface area contributed by atoms with Crippen molar-refractivity contribution >= 4 is 21.8 Å². The van der Waals surface area contributed by atoms with Crippen molar-refractivity contribution in [3.8, 4) is 5.69 Å². The van der Waals surface area contributed by atoms with Gasteiger partial charge >= 0.3 is 0 Å². The average Bonchev–Trinajstić information content (AvgIpc) is 3.25. The molecule has 1 heterocycles. The van der Waals surface area contributed by atoms with E-state index in [1.165, 1.54) is 105 Å². The highest BCUT2D eigenvalue weighted by Crippen LogP contribution is 2.62. The number of aromatic nitrogens is 1. The molecule has 8 aliphatic rings. The second-order valence-corrected chi connectivity index (χ2v) is 15.5. The van der Waals surface area contributed by atoms with Gasteiger partial charge in [0, 0.05) is 16.5 Å². The number of para-hydroxylation sites is 1. The van der Waals surface area contributed by atoms with Crippen molar-refractivity contribution in [2.45, 2.75) is 87.9 Å². The predicted octanol–water partition coefficient (Wildman–Crippen LogP) is 9.72. The lowest BCUT2D eigenvalue weighted by atomic mass is 9.48. The first-order chi connectivity index (χ1) is 19.1. The lowest BCUT2D eigenvalue weighted by molar-refractivity contribution is -0.00528. The summed E-state index contributed by atoms with van der Waals surface area (Å²) in [6.07, 6.45) is 17.8. The van der Waals surface area contributed by atoms with Gasteiger partial charge in [0.2, 0.25) is 0 Å². The van der Waals surface area contributed by atoms with Gasteiger partial charge in [0.1, 0.15) is 0 Å². The average molecular weight is 512 g/mol. The fraction of sp³-hybridized carbons (Fsp3) is 0.526. The molecule has 0 amide bonds. The van der Waals surface area contributed by atoms with Crippen LogP contribution in [0.2, 0.25) is 0 Å². The number of rotatable bonds is 3. The van der Waals surface area contributed by atoms with E-state index < -0.39 is 0 Å². The lowest BCUT2D eigenvalue weighted by Gasteiger charge is -2.57. The van der Waals surface area contributed by atoms with E-state index in [1.54, 1.807) is 11.1 Å². The summed E-state index contributed by atoms with van der Waals surface area (Å²) >= 11 is 0. The monoisotopic (exact) mass is 511 g/mol. The first-order valence-electron chi connectivity index (χ1n) is 16.3. The van der Waals surface area contributed by atoms with E-state index >= 15 is 0 Å². The second-order valence-electron chi connectivity index (χ2n) is 15.5. The largest absolute Gasteiger partial charge is 0.309 e. The number of benzene rings is 3. The summed E-state index contributed by atoms with van der Waals surface area (Å²) in [5.41, 5.74) is 8.31. The summed E-state index contributed by atoms with van der Waals surface area (Å²) in [5.74, 6) is 5.92. The predicted molar refractivity (Wildman–Crippen MR) is 160 cm³/mol. The van der Waals surface area contributed by atoms with Gasteiger partial charge < -0.3 is 4.57 Å². The van der Waals surface area contributed by atoms with Crippen molar-refractivity contribution in [2.75, 3.05) is 0 Å². The van der Waals surface area contributed by atoms with Gasteiger partial charge in [-0.2, -0.15) is 0 Å². The van der Waals surface area contributed by atoms with E-state index in [0.29, 0.717) is 10.8 Å². The van der Waals surface area contributed by atoms with Gasteiger partial charge in [-0.1, -0.05) is 30.3 Å². The molecule has 1 aromatic heterocycles. The lowest BCUT2D eigenvalue weighted by Crippen LogP contribution is -2.48. The number of fused-ring (bicyclic) bond motifs is 3. The highest BCUT2D eigenvalue weighted by atomic mass is 15.0. The zero-order valence-corrected chi connectivity index (χ0v) is 23.2. The van der Waals surface area contributed by atoms with Crippen LogP contribution in [0.4, 0.5) is 0 Å². The standard InChI is InChI=1S/C38H41N/c1-2-4-32(5-3-1)39-35-8-6-30(37-18-24-10-25(19-37)12-26(11-24)20-37)16-33(35)34-17-31(7-9-36(34)39)38-21-27-13-28(22-38)15-29(14-27)23-38/h1-9,16-17,24-29H,10-15,18-23H2. The molecule has 39 heavy (non-hydrogen) atoms. The van der Waals surface area contributed by atoms with Crippen LogP contribution in [0.3, 0.4) is 0 Å². The Morgan fingerprint density at radius 2 is 0.846 bits per heavy atom. The van der Waals surface area contributed by atoms with Gasteiger partial charge in [0.15, 0.2) is 0 Å². The van der Waals surface area contributed by atoms with Crippen LogP contribution < -0.4 is 0 Å². The third-order valence-electron chi connectivity index (χ3n) is 13.1. The molecule has 8 aliphatic carbocycles. The van der Waals surface area contributed by atoms with Crippen LogP contribution in [0.5, 0.6) is 0 Å². The number of nitrogens with zero attached hydrogens (tertiary/aromatic N) is 1. The van der Waals surface area contributed by atoms with Crippen molar-refractivity contribution in [2.24, 2.45) is 35.5 Å². The van der Waals surface area contributed by atoms with E-state index in [9.17, 15) is 0 Å². The second kappa shape index (κ2) is 7.59. The maximum absolute atomic E-state index is 2.69. The number of hydrogen-bond acceptors (Lipinski definition) is 0. The Hall–Kier alpha value is -2.54. The quantitative estimate of drug-likeness (QED) is 0.258. The van der Waals surface area contributed by atoms with Crippen LogP contribution in [0.15, 0.2) is 66.7 Å². The molecule has 0 atom stereocenters. The molecule has 3 aromatic carbocycles. The van der Waals surface area contributed by atoms with Crippen molar-refractivity contribution < 1.29 is 0 Å². The van der Waals surface area contributed by atoms with Gasteiger partial charge in [0.25, 0.3) is 0 Å². The smallest absolute Gasteiger partial charge is 0.0541 e. The Kier molecular flexibility index (Phi) is 4.32. The maximum Gasteiger partial charge on any atom is 0.0541 e. The van der Waals surface area contributed by atoms with E-state index in [4.69, 9.17) is 0 Å². The summed E-state index contributed by atoms with van der Waals surface area (Å²) < 4.78 is 2.55. The van der Waals surface area contributed by atoms with Gasteiger partial charge in [0.05, 0.1) is 11.0 Å². The fourth-order valence-corrected chi connectivity index (χ4v) is 12.5. The van der Waals surface area contributed by atoms with Gasteiger partial charge in [-0.25, -0.2) is 0 Å². The van der Waals surface area contributed by atoms with E-state index in [1.807, 2.05) is 0 Å². The highest BCUT2D eigenvalue weighted by Gasteiger charge is 2.53. The first kappa shape index (κ1) is 22.2. The molecular weight excluding hydrogens is 470 g/mol. The Morgan fingerprint density at radius 1 is 0.462 bits per heavy atom. The van der Waals surface area contributed by atoms with Crippen LogP contribution in [0.1, 0.15) is 88.2 Å². The molecule has 198 valence electrons. The Balaban J connectivity index is 1.18. The molecule has 0 aliphatic heterocycles. The van der Waals surface area contributed by atoms with Gasteiger partial charge in [-0.05, 0) is 171 Å². The van der Waals surface area contributed by atoms with Crippen molar-refractivity contribution in [1.82, 2.24) is 4.57 Å². The van der Waals surface area contributed by atoms with Crippen molar-refractivity contribution in [3.63, 3.8) is 0 Å². The molecule has 12 rings (SSSR count). The molecule has 4 aromatic rings. The Morgan fingerprint density at radius 3 is 1.23 bits per heavy atom. The zero-order chi connectivity index (χ0) is 25.3. The summed E-state index contributed by atoms with van der Waals surface area (Å²) in [6, 6.07) is 26.6. The molecule has 1 nitrogen and oxygen atoms in total. The van der Waals surface area contributed by atoms with Crippen LogP contribution >= 0.6 is 0 Å². The maximum atomic E-state index is 2.69. The zero-order valence-electron chi connectivity index (χ0n) is 23.2. The molecule has 0 saturated heterocycles. The van der Waals surface area contributed by atoms with Crippen LogP contribution in [0.25, 0.3) is 27.5 Å². The molecule has 0 radical (unpaired) electrons. The van der Waals surface area contributed by atoms with Crippen LogP contribution in [-0.2, 0) is 10.8 Å². The van der Waals surface area contributed by atoms with E-state index in [2.05, 4.69) is 71.3 Å². The molecular formula is C38H41N. The minimum absolute atomic E-state index is 0.446. The highest BCUT2D eigenvalue weighted by molar-refractivity contribution is 6.10. The summed E-state index contributed by atoms with van der Waals surface area (Å²) in [6.45, 7) is 0. The summed E-state index contributed by atoms with van der Waals surface area (Å²) in [5, 5.41) is 3.02. The molecule has 0 N–H and O–H groups in total. The van der Waals surface area contributed by atoms with Crippen LogP contribution in [0, 0.1) is 35.5 Å². The van der Waals surface area contributed by atoms with E-state index in [0.717, 1.165) is 35.5 Å². The summed E-state index contributed by atoms with van der Waals surface area (Å²) in [4.78, 5) is 0. The molecule has 8 fully saturated rings. The SMILES string of the molecule is c1ccc(-n2c3ccc(C45CC6CC(CC(C6)C4)C5)cc3c3cc(C45CC6CC(CC(C6)C4)C5)ccc32)cc1. The molecule has 8 saturated carbocycles. The minimum atomic E-state index is 0.446. The molecule has 0 spiro atoms. The molecule has 1 heteroatoms. The first-order valence-corrected chi connectivity index (χ1v) is 16.3. The fourth-order valence-electron chi connectivity index (χ4n) is 12.5. The molecule has 0 unspecified atom stereocenters. The van der Waals surface area contributed by atoms with Crippen molar-refractivity contribution in [1.29, 1.82) is 0 Å².